The Bertz CT molecular complexity index is 1120. The van der Waals surface area contributed by atoms with Crippen LogP contribution in [0.5, 0.6) is 0 Å². The molecule has 1 N–H and O–H groups in total. The molecule has 2 aromatic carbocycles. The standard InChI is InChI=1S/C27H33N5O2S/c1-20-11-13-21(14-12-20)26-29-30-27(34-26)35-19-25(33)28-23-9-5-6-10-24(23)32-17-15-31(16-18-32)22-7-3-2-4-8-22/h5-6,9-14,22H,2-4,7-8,15-19H2,1H3,(H,28,33). The third kappa shape index (κ3) is 6.05. The predicted molar refractivity (Wildman–Crippen MR) is 141 cm³/mol. The summed E-state index contributed by atoms with van der Waals surface area (Å²) in [5, 5.41) is 11.7. The van der Waals surface area contributed by atoms with Crippen LogP contribution >= 0.6 is 11.8 Å². The number of aryl methyl sites for hydroxylation is 1. The van der Waals surface area contributed by atoms with Gasteiger partial charge < -0.3 is 14.6 Å². The Morgan fingerprint density at radius 1 is 1.00 bits per heavy atom. The lowest BCUT2D eigenvalue weighted by Crippen LogP contribution is -2.51. The fourth-order valence-corrected chi connectivity index (χ4v) is 5.59. The molecule has 0 spiro atoms. The summed E-state index contributed by atoms with van der Waals surface area (Å²) in [6, 6.07) is 16.8. The number of para-hydroxylation sites is 2. The number of nitrogens with one attached hydrogen (secondary N) is 1. The number of hydrogen-bond acceptors (Lipinski definition) is 7. The molecule has 1 saturated carbocycles. The van der Waals surface area contributed by atoms with Crippen LogP contribution in [0.25, 0.3) is 11.5 Å². The van der Waals surface area contributed by atoms with Crippen LogP contribution in [0.2, 0.25) is 0 Å². The van der Waals surface area contributed by atoms with Gasteiger partial charge in [0.25, 0.3) is 5.22 Å². The lowest BCUT2D eigenvalue weighted by atomic mass is 9.94. The van der Waals surface area contributed by atoms with E-state index >= 15 is 0 Å². The van der Waals surface area contributed by atoms with Crippen molar-refractivity contribution in [2.45, 2.75) is 50.3 Å². The minimum atomic E-state index is -0.0848. The van der Waals surface area contributed by atoms with E-state index in [1.165, 1.54) is 49.4 Å². The number of anilines is 2. The lowest BCUT2D eigenvalue weighted by Gasteiger charge is -2.42. The Labute approximate surface area is 211 Å². The van der Waals surface area contributed by atoms with E-state index in [2.05, 4.69) is 31.4 Å². The second kappa shape index (κ2) is 11.3. The van der Waals surface area contributed by atoms with Gasteiger partial charge in [-0.05, 0) is 44.0 Å². The molecule has 1 amide bonds. The maximum atomic E-state index is 12.7. The summed E-state index contributed by atoms with van der Waals surface area (Å²) in [5.74, 6) is 0.586. The van der Waals surface area contributed by atoms with Crippen molar-refractivity contribution in [3.63, 3.8) is 0 Å². The molecule has 0 atom stereocenters. The first kappa shape index (κ1) is 23.9. The first-order valence-corrected chi connectivity index (χ1v) is 13.6. The molecular formula is C27H33N5O2S. The highest BCUT2D eigenvalue weighted by Gasteiger charge is 2.26. The summed E-state index contributed by atoms with van der Waals surface area (Å²) in [7, 11) is 0. The van der Waals surface area contributed by atoms with Crippen molar-refractivity contribution in [1.82, 2.24) is 15.1 Å². The quantitative estimate of drug-likeness (QED) is 0.454. The number of aromatic nitrogens is 2. The summed E-state index contributed by atoms with van der Waals surface area (Å²) >= 11 is 1.25. The Kier molecular flexibility index (Phi) is 7.69. The Morgan fingerprint density at radius 3 is 2.51 bits per heavy atom. The number of piperazine rings is 1. The number of nitrogens with zero attached hydrogens (tertiary/aromatic N) is 4. The minimum Gasteiger partial charge on any atom is -0.411 e. The number of benzene rings is 2. The van der Waals surface area contributed by atoms with E-state index in [4.69, 9.17) is 4.42 Å². The van der Waals surface area contributed by atoms with Gasteiger partial charge in [0, 0.05) is 37.8 Å². The molecule has 0 unspecified atom stereocenters. The molecule has 0 radical (unpaired) electrons. The van der Waals surface area contributed by atoms with Crippen molar-refractivity contribution in [3.8, 4) is 11.5 Å². The van der Waals surface area contributed by atoms with Crippen LogP contribution in [0.4, 0.5) is 11.4 Å². The highest BCUT2D eigenvalue weighted by atomic mass is 32.2. The first-order valence-electron chi connectivity index (χ1n) is 12.6. The molecule has 0 bridgehead atoms. The number of amides is 1. The average molecular weight is 492 g/mol. The van der Waals surface area contributed by atoms with Crippen LogP contribution in [0.1, 0.15) is 37.7 Å². The zero-order valence-corrected chi connectivity index (χ0v) is 21.1. The molecule has 1 aliphatic carbocycles. The fourth-order valence-electron chi connectivity index (χ4n) is 5.02. The van der Waals surface area contributed by atoms with Crippen molar-refractivity contribution in [2.75, 3.05) is 42.1 Å². The summed E-state index contributed by atoms with van der Waals surface area (Å²) in [5.41, 5.74) is 3.99. The molecular weight excluding hydrogens is 458 g/mol. The second-order valence-electron chi connectivity index (χ2n) is 9.41. The highest BCUT2D eigenvalue weighted by Crippen LogP contribution is 2.30. The van der Waals surface area contributed by atoms with Crippen molar-refractivity contribution < 1.29 is 9.21 Å². The van der Waals surface area contributed by atoms with Gasteiger partial charge in [-0.3, -0.25) is 9.69 Å². The van der Waals surface area contributed by atoms with Crippen LogP contribution in [0.15, 0.2) is 58.2 Å². The van der Waals surface area contributed by atoms with Gasteiger partial charge in [0.1, 0.15) is 0 Å². The van der Waals surface area contributed by atoms with E-state index in [1.54, 1.807) is 0 Å². The molecule has 7 nitrogen and oxygen atoms in total. The fraction of sp³-hybridized carbons (Fsp3) is 0.444. The number of carbonyl (C=O) groups excluding carboxylic acids is 1. The highest BCUT2D eigenvalue weighted by molar-refractivity contribution is 7.99. The summed E-state index contributed by atoms with van der Waals surface area (Å²) < 4.78 is 5.74. The van der Waals surface area contributed by atoms with Crippen molar-refractivity contribution in [1.29, 1.82) is 0 Å². The average Bonchev–Trinajstić information content (AvgIpc) is 3.38. The predicted octanol–water partition coefficient (Wildman–Crippen LogP) is 5.23. The molecule has 1 aromatic heterocycles. The van der Waals surface area contributed by atoms with Gasteiger partial charge in [0.2, 0.25) is 11.8 Å². The maximum Gasteiger partial charge on any atom is 0.277 e. The molecule has 1 aliphatic heterocycles. The Balaban J connectivity index is 1.15. The molecule has 35 heavy (non-hydrogen) atoms. The topological polar surface area (TPSA) is 74.5 Å². The number of rotatable bonds is 7. The van der Waals surface area contributed by atoms with Crippen LogP contribution in [-0.4, -0.2) is 59.0 Å². The zero-order chi connectivity index (χ0) is 24.0. The smallest absolute Gasteiger partial charge is 0.277 e. The van der Waals surface area contributed by atoms with Crippen molar-refractivity contribution in [3.05, 3.63) is 54.1 Å². The minimum absolute atomic E-state index is 0.0848. The third-order valence-corrected chi connectivity index (χ3v) is 7.77. The SMILES string of the molecule is Cc1ccc(-c2nnc(SCC(=O)Nc3ccccc3N3CCN(C4CCCCC4)CC3)o2)cc1. The van der Waals surface area contributed by atoms with Gasteiger partial charge in [-0.25, -0.2) is 0 Å². The number of hydrogen-bond donors (Lipinski definition) is 1. The van der Waals surface area contributed by atoms with E-state index in [0.29, 0.717) is 11.1 Å². The molecule has 2 heterocycles. The van der Waals surface area contributed by atoms with Gasteiger partial charge >= 0.3 is 0 Å². The van der Waals surface area contributed by atoms with Crippen LogP contribution < -0.4 is 10.2 Å². The van der Waals surface area contributed by atoms with Crippen LogP contribution in [0, 0.1) is 6.92 Å². The number of carbonyl (C=O) groups is 1. The molecule has 2 fully saturated rings. The lowest BCUT2D eigenvalue weighted by molar-refractivity contribution is -0.113. The van der Waals surface area contributed by atoms with Gasteiger partial charge in [-0.2, -0.15) is 0 Å². The zero-order valence-electron chi connectivity index (χ0n) is 20.3. The van der Waals surface area contributed by atoms with Gasteiger partial charge in [-0.15, -0.1) is 10.2 Å². The normalized spacial score (nSPS) is 17.5. The first-order chi connectivity index (χ1) is 17.2. The Morgan fingerprint density at radius 2 is 1.74 bits per heavy atom. The van der Waals surface area contributed by atoms with Gasteiger partial charge in [-0.1, -0.05) is 60.9 Å². The van der Waals surface area contributed by atoms with E-state index in [9.17, 15) is 4.79 Å². The van der Waals surface area contributed by atoms with Gasteiger partial charge in [0.05, 0.1) is 17.1 Å². The van der Waals surface area contributed by atoms with Crippen molar-refractivity contribution >= 4 is 29.0 Å². The third-order valence-electron chi connectivity index (χ3n) is 6.96. The molecule has 1 saturated heterocycles. The molecule has 5 rings (SSSR count). The maximum absolute atomic E-state index is 12.7. The summed E-state index contributed by atoms with van der Waals surface area (Å²) in [4.78, 5) is 17.8. The molecule has 8 heteroatoms. The van der Waals surface area contributed by atoms with E-state index < -0.39 is 0 Å². The number of thioether (sulfide) groups is 1. The van der Waals surface area contributed by atoms with Crippen molar-refractivity contribution in [2.24, 2.45) is 0 Å². The summed E-state index contributed by atoms with van der Waals surface area (Å²) in [6.07, 6.45) is 6.82. The Hall–Kier alpha value is -2.84. The van der Waals surface area contributed by atoms with E-state index in [-0.39, 0.29) is 11.7 Å². The molecule has 2 aliphatic rings. The van der Waals surface area contributed by atoms with Crippen LogP contribution in [0.3, 0.4) is 0 Å². The van der Waals surface area contributed by atoms with Crippen LogP contribution in [-0.2, 0) is 4.79 Å². The molecule has 184 valence electrons. The molecule has 3 aromatic rings. The van der Waals surface area contributed by atoms with Gasteiger partial charge in [0.15, 0.2) is 0 Å². The second-order valence-corrected chi connectivity index (χ2v) is 10.3. The van der Waals surface area contributed by atoms with E-state index in [0.717, 1.165) is 49.2 Å². The summed E-state index contributed by atoms with van der Waals surface area (Å²) in [6.45, 7) is 6.18. The largest absolute Gasteiger partial charge is 0.411 e. The van der Waals surface area contributed by atoms with E-state index in [1.807, 2.05) is 49.4 Å². The monoisotopic (exact) mass is 491 g/mol.